The molecule has 4 rings (SSSR count). The minimum absolute atomic E-state index is 0.0199. The SMILES string of the molecule is CC(C)Nc1ncc2c(n1)C(=O)N(C(=O)N[C@@H](c1ccc(Cl)c(F)c1)[C@@H]1CCCN1)CC2. The van der Waals surface area contributed by atoms with Gasteiger partial charge in [0.05, 0.1) is 11.1 Å². The van der Waals surface area contributed by atoms with Gasteiger partial charge in [-0.25, -0.2) is 19.2 Å². The van der Waals surface area contributed by atoms with Gasteiger partial charge < -0.3 is 16.0 Å². The third-order valence-corrected chi connectivity index (χ3v) is 5.97. The maximum atomic E-state index is 14.1. The van der Waals surface area contributed by atoms with Crippen LogP contribution < -0.4 is 16.0 Å². The van der Waals surface area contributed by atoms with Crippen LogP contribution in [0.3, 0.4) is 0 Å². The highest BCUT2D eigenvalue weighted by Gasteiger charge is 2.34. The number of hydrogen-bond acceptors (Lipinski definition) is 6. The summed E-state index contributed by atoms with van der Waals surface area (Å²) < 4.78 is 14.1. The quantitative estimate of drug-likeness (QED) is 0.633. The van der Waals surface area contributed by atoms with Crippen molar-refractivity contribution in [2.75, 3.05) is 18.4 Å². The summed E-state index contributed by atoms with van der Waals surface area (Å²) in [6.07, 6.45) is 3.87. The number of rotatable bonds is 5. The molecule has 0 radical (unpaired) electrons. The van der Waals surface area contributed by atoms with Crippen LogP contribution in [0.5, 0.6) is 0 Å². The van der Waals surface area contributed by atoms with Gasteiger partial charge in [0.1, 0.15) is 11.5 Å². The van der Waals surface area contributed by atoms with E-state index in [2.05, 4.69) is 25.9 Å². The maximum Gasteiger partial charge on any atom is 0.324 e. The molecular weight excluding hydrogens is 435 g/mol. The summed E-state index contributed by atoms with van der Waals surface area (Å²) in [6.45, 7) is 4.92. The molecule has 10 heteroatoms. The van der Waals surface area contributed by atoms with Crippen LogP contribution in [0.1, 0.15) is 54.3 Å². The van der Waals surface area contributed by atoms with E-state index in [4.69, 9.17) is 11.6 Å². The van der Waals surface area contributed by atoms with Gasteiger partial charge in [-0.1, -0.05) is 17.7 Å². The van der Waals surface area contributed by atoms with E-state index < -0.39 is 23.8 Å². The lowest BCUT2D eigenvalue weighted by Gasteiger charge is -2.31. The molecule has 1 fully saturated rings. The van der Waals surface area contributed by atoms with E-state index in [1.165, 1.54) is 12.1 Å². The second-order valence-electron chi connectivity index (χ2n) is 8.38. The molecule has 0 unspecified atom stereocenters. The Morgan fingerprint density at radius 1 is 1.38 bits per heavy atom. The fourth-order valence-corrected chi connectivity index (χ4v) is 4.20. The number of imide groups is 1. The summed E-state index contributed by atoms with van der Waals surface area (Å²) in [7, 11) is 0. The lowest BCUT2D eigenvalue weighted by Crippen LogP contribution is -2.51. The number of hydrogen-bond donors (Lipinski definition) is 3. The molecular formula is C22H26ClFN6O2. The van der Waals surface area contributed by atoms with Gasteiger partial charge in [-0.05, 0) is 57.4 Å². The highest BCUT2D eigenvalue weighted by atomic mass is 35.5. The normalized spacial score (nSPS) is 19.1. The van der Waals surface area contributed by atoms with Gasteiger partial charge in [0.2, 0.25) is 5.95 Å². The number of amides is 3. The molecule has 3 heterocycles. The first kappa shape index (κ1) is 22.4. The van der Waals surface area contributed by atoms with Crippen LogP contribution in [0.2, 0.25) is 5.02 Å². The lowest BCUT2D eigenvalue weighted by molar-refractivity contribution is 0.0775. The summed E-state index contributed by atoms with van der Waals surface area (Å²) in [6, 6.07) is 3.49. The van der Waals surface area contributed by atoms with E-state index in [1.54, 1.807) is 12.3 Å². The van der Waals surface area contributed by atoms with E-state index in [0.29, 0.717) is 23.5 Å². The van der Waals surface area contributed by atoms with Crippen molar-refractivity contribution in [2.45, 2.75) is 51.2 Å². The van der Waals surface area contributed by atoms with Crippen molar-refractivity contribution in [3.05, 3.63) is 52.1 Å². The van der Waals surface area contributed by atoms with E-state index in [0.717, 1.165) is 24.3 Å². The van der Waals surface area contributed by atoms with Crippen LogP contribution in [0.25, 0.3) is 0 Å². The summed E-state index contributed by atoms with van der Waals surface area (Å²) in [5, 5.41) is 9.37. The minimum atomic E-state index is -0.550. The largest absolute Gasteiger partial charge is 0.352 e. The molecule has 8 nitrogen and oxygen atoms in total. The van der Waals surface area contributed by atoms with E-state index >= 15 is 0 Å². The van der Waals surface area contributed by atoms with Crippen molar-refractivity contribution in [1.29, 1.82) is 0 Å². The molecule has 32 heavy (non-hydrogen) atoms. The molecule has 0 aliphatic carbocycles. The van der Waals surface area contributed by atoms with Crippen molar-refractivity contribution in [2.24, 2.45) is 0 Å². The highest BCUT2D eigenvalue weighted by Crippen LogP contribution is 2.27. The van der Waals surface area contributed by atoms with Gasteiger partial charge >= 0.3 is 6.03 Å². The number of halogens is 2. The van der Waals surface area contributed by atoms with Crippen molar-refractivity contribution < 1.29 is 14.0 Å². The predicted molar refractivity (Wildman–Crippen MR) is 119 cm³/mol. The Bertz CT molecular complexity index is 1030. The Kier molecular flexibility index (Phi) is 6.57. The smallest absolute Gasteiger partial charge is 0.324 e. The van der Waals surface area contributed by atoms with Crippen LogP contribution in [0.4, 0.5) is 15.1 Å². The first-order valence-corrected chi connectivity index (χ1v) is 11.1. The molecule has 2 aliphatic rings. The molecule has 0 spiro atoms. The fraction of sp³-hybridized carbons (Fsp3) is 0.455. The number of anilines is 1. The maximum absolute atomic E-state index is 14.1. The third kappa shape index (κ3) is 4.68. The van der Waals surface area contributed by atoms with Gasteiger partial charge in [-0.3, -0.25) is 9.69 Å². The zero-order chi connectivity index (χ0) is 22.8. The Hall–Kier alpha value is -2.78. The van der Waals surface area contributed by atoms with Crippen molar-refractivity contribution >= 4 is 29.5 Å². The van der Waals surface area contributed by atoms with Crippen molar-refractivity contribution in [3.63, 3.8) is 0 Å². The van der Waals surface area contributed by atoms with Crippen LogP contribution >= 0.6 is 11.6 Å². The number of urea groups is 1. The molecule has 170 valence electrons. The summed E-state index contributed by atoms with van der Waals surface area (Å²) in [5.74, 6) is -0.677. The van der Waals surface area contributed by atoms with Gasteiger partial charge in [-0.2, -0.15) is 0 Å². The molecule has 0 bridgehead atoms. The van der Waals surface area contributed by atoms with Gasteiger partial charge in [0.25, 0.3) is 5.91 Å². The molecule has 3 N–H and O–H groups in total. The monoisotopic (exact) mass is 460 g/mol. The Morgan fingerprint density at radius 2 is 2.19 bits per heavy atom. The van der Waals surface area contributed by atoms with Crippen LogP contribution in [-0.2, 0) is 6.42 Å². The van der Waals surface area contributed by atoms with E-state index in [9.17, 15) is 14.0 Å². The first-order chi connectivity index (χ1) is 15.3. The lowest BCUT2D eigenvalue weighted by atomic mass is 9.98. The average molecular weight is 461 g/mol. The summed E-state index contributed by atoms with van der Waals surface area (Å²) in [5.41, 5.74) is 1.52. The Morgan fingerprint density at radius 3 is 2.88 bits per heavy atom. The average Bonchev–Trinajstić information content (AvgIpc) is 3.29. The van der Waals surface area contributed by atoms with Crippen LogP contribution in [0, 0.1) is 5.82 Å². The highest BCUT2D eigenvalue weighted by molar-refractivity contribution is 6.30. The van der Waals surface area contributed by atoms with Gasteiger partial charge in [0, 0.05) is 30.4 Å². The zero-order valence-corrected chi connectivity index (χ0v) is 18.7. The van der Waals surface area contributed by atoms with Crippen molar-refractivity contribution in [1.82, 2.24) is 25.5 Å². The summed E-state index contributed by atoms with van der Waals surface area (Å²) >= 11 is 5.84. The minimum Gasteiger partial charge on any atom is -0.352 e. The summed E-state index contributed by atoms with van der Waals surface area (Å²) in [4.78, 5) is 36.0. The Labute approximate surface area is 190 Å². The number of benzene rings is 1. The van der Waals surface area contributed by atoms with Crippen LogP contribution in [-0.4, -0.2) is 52.0 Å². The number of carbonyl (C=O) groups is 2. The van der Waals surface area contributed by atoms with Gasteiger partial charge in [-0.15, -0.1) is 0 Å². The molecule has 1 aromatic carbocycles. The Balaban J connectivity index is 1.56. The number of fused-ring (bicyclic) bond motifs is 1. The number of aromatic nitrogens is 2. The molecule has 1 aromatic heterocycles. The third-order valence-electron chi connectivity index (χ3n) is 5.66. The molecule has 3 amide bonds. The number of nitrogens with one attached hydrogen (secondary N) is 3. The molecule has 1 saturated heterocycles. The van der Waals surface area contributed by atoms with Crippen LogP contribution in [0.15, 0.2) is 24.4 Å². The molecule has 2 aliphatic heterocycles. The molecule has 2 atom stereocenters. The standard InChI is InChI=1S/C22H26ClFN6O2/c1-12(2)27-21-26-11-14-7-9-30(20(31)19(14)28-21)22(32)29-18(17-4-3-8-25-17)13-5-6-15(23)16(24)10-13/h5-6,10-12,17-18,25H,3-4,7-9H2,1-2H3,(H,29,32)(H,26,27,28)/t17-,18-/m0/s1. The van der Waals surface area contributed by atoms with Crippen molar-refractivity contribution in [3.8, 4) is 0 Å². The zero-order valence-electron chi connectivity index (χ0n) is 18.0. The first-order valence-electron chi connectivity index (χ1n) is 10.8. The number of nitrogens with zero attached hydrogens (tertiary/aromatic N) is 3. The van der Waals surface area contributed by atoms with Gasteiger partial charge in [0.15, 0.2) is 0 Å². The predicted octanol–water partition coefficient (Wildman–Crippen LogP) is 3.29. The second-order valence-corrected chi connectivity index (χ2v) is 8.78. The molecule has 0 saturated carbocycles. The topological polar surface area (TPSA) is 99.2 Å². The fourth-order valence-electron chi connectivity index (χ4n) is 4.09. The number of carbonyl (C=O) groups excluding carboxylic acids is 2. The molecule has 2 aromatic rings. The second kappa shape index (κ2) is 9.38. The van der Waals surface area contributed by atoms with E-state index in [1.807, 2.05) is 13.8 Å². The van der Waals surface area contributed by atoms with E-state index in [-0.39, 0.29) is 29.3 Å².